The molecular formula is C29H46N2O6. The van der Waals surface area contributed by atoms with Gasteiger partial charge >= 0.3 is 11.9 Å². The fourth-order valence-corrected chi connectivity index (χ4v) is 8.38. The van der Waals surface area contributed by atoms with Crippen LogP contribution in [-0.4, -0.2) is 82.3 Å². The van der Waals surface area contributed by atoms with Crippen LogP contribution in [0, 0.1) is 17.8 Å². The van der Waals surface area contributed by atoms with Crippen molar-refractivity contribution in [1.29, 1.82) is 0 Å². The van der Waals surface area contributed by atoms with E-state index in [4.69, 9.17) is 14.2 Å². The smallest absolute Gasteiger partial charge is 0.320 e. The van der Waals surface area contributed by atoms with Crippen LogP contribution < -0.4 is 0 Å². The Labute approximate surface area is 221 Å². The first-order valence-corrected chi connectivity index (χ1v) is 14.5. The molecule has 37 heavy (non-hydrogen) atoms. The third-order valence-corrected chi connectivity index (χ3v) is 9.83. The van der Waals surface area contributed by atoms with Crippen LogP contribution >= 0.6 is 0 Å². The van der Waals surface area contributed by atoms with Gasteiger partial charge in [0.25, 0.3) is 0 Å². The molecule has 208 valence electrons. The molecule has 5 aliphatic rings. The van der Waals surface area contributed by atoms with Crippen LogP contribution in [0.3, 0.4) is 0 Å². The fraction of sp³-hybridized carbons (Fsp3) is 0.897. The number of likely N-dealkylation sites (tertiary alicyclic amines) is 2. The molecule has 8 heteroatoms. The SMILES string of the molecule is CCC1(OC(=O)C2C(OC(=O)CN3CCCCC3)C3OC2C2C(=O)N(C(C)(C)C)C(C)(C)C32)CCCC1. The molecule has 5 rings (SSSR count). The first-order valence-electron chi connectivity index (χ1n) is 14.5. The second kappa shape index (κ2) is 9.51. The maximum absolute atomic E-state index is 13.8. The van der Waals surface area contributed by atoms with Crippen LogP contribution in [0.5, 0.6) is 0 Å². The van der Waals surface area contributed by atoms with Gasteiger partial charge in [-0.05, 0) is 92.7 Å². The van der Waals surface area contributed by atoms with Crippen LogP contribution in [0.2, 0.25) is 0 Å². The molecule has 4 heterocycles. The summed E-state index contributed by atoms with van der Waals surface area (Å²) < 4.78 is 18.8. The molecule has 1 aliphatic carbocycles. The van der Waals surface area contributed by atoms with Gasteiger partial charge in [-0.1, -0.05) is 13.3 Å². The third-order valence-electron chi connectivity index (χ3n) is 9.83. The molecule has 1 amide bonds. The lowest BCUT2D eigenvalue weighted by molar-refractivity contribution is -0.176. The van der Waals surface area contributed by atoms with Gasteiger partial charge in [-0.15, -0.1) is 0 Å². The molecule has 4 aliphatic heterocycles. The number of rotatable bonds is 6. The molecule has 4 saturated heterocycles. The topological polar surface area (TPSA) is 85.4 Å². The van der Waals surface area contributed by atoms with E-state index in [1.807, 2.05) is 25.7 Å². The molecule has 0 spiro atoms. The predicted molar refractivity (Wildman–Crippen MR) is 138 cm³/mol. The molecule has 5 fully saturated rings. The molecular weight excluding hydrogens is 472 g/mol. The molecule has 0 N–H and O–H groups in total. The Hall–Kier alpha value is -1.67. The van der Waals surface area contributed by atoms with E-state index < -0.39 is 41.3 Å². The summed E-state index contributed by atoms with van der Waals surface area (Å²) in [5.41, 5.74) is -1.34. The quantitative estimate of drug-likeness (QED) is 0.496. The van der Waals surface area contributed by atoms with E-state index in [-0.39, 0.29) is 35.8 Å². The number of amides is 1. The zero-order valence-corrected chi connectivity index (χ0v) is 23.6. The Morgan fingerprint density at radius 1 is 1.03 bits per heavy atom. The Kier molecular flexibility index (Phi) is 6.92. The summed E-state index contributed by atoms with van der Waals surface area (Å²) in [7, 11) is 0. The number of nitrogens with zero attached hydrogens (tertiary/aromatic N) is 2. The number of ether oxygens (including phenoxy) is 3. The monoisotopic (exact) mass is 518 g/mol. The maximum Gasteiger partial charge on any atom is 0.320 e. The Morgan fingerprint density at radius 2 is 1.68 bits per heavy atom. The van der Waals surface area contributed by atoms with Crippen molar-refractivity contribution in [2.75, 3.05) is 19.6 Å². The maximum atomic E-state index is 13.8. The summed E-state index contributed by atoms with van der Waals surface area (Å²) in [6.07, 6.45) is 6.03. The van der Waals surface area contributed by atoms with E-state index in [1.54, 1.807) is 0 Å². The standard InChI is InChI=1S/C29H46N2O6/c1-7-29(13-9-10-14-29)37-26(34)20-22-19-21(28(5,6)31(25(19)33)27(2,3)4)24(36-22)23(20)35-18(32)17-30-15-11-8-12-16-30/h19-24H,7-17H2,1-6H3. The molecule has 6 unspecified atom stereocenters. The predicted octanol–water partition coefficient (Wildman–Crippen LogP) is 3.70. The zero-order chi connectivity index (χ0) is 26.8. The van der Waals surface area contributed by atoms with Crippen molar-refractivity contribution in [2.24, 2.45) is 17.8 Å². The number of fused-ring (bicyclic) bond motifs is 5. The number of carbonyl (C=O) groups excluding carboxylic acids is 3. The Balaban J connectivity index is 1.43. The van der Waals surface area contributed by atoms with E-state index in [2.05, 4.69) is 25.7 Å². The van der Waals surface area contributed by atoms with Crippen LogP contribution in [0.1, 0.15) is 92.9 Å². The normalized spacial score (nSPS) is 36.6. The molecule has 2 bridgehead atoms. The van der Waals surface area contributed by atoms with Gasteiger partial charge in [-0.25, -0.2) is 0 Å². The molecule has 0 radical (unpaired) electrons. The highest BCUT2D eigenvalue weighted by Gasteiger charge is 2.74. The minimum absolute atomic E-state index is 0.0250. The number of carbonyl (C=O) groups is 3. The van der Waals surface area contributed by atoms with Crippen LogP contribution in [-0.2, 0) is 28.6 Å². The van der Waals surface area contributed by atoms with Crippen LogP contribution in [0.15, 0.2) is 0 Å². The number of hydrogen-bond donors (Lipinski definition) is 0. The second-order valence-electron chi connectivity index (χ2n) is 13.6. The Bertz CT molecular complexity index is 914. The van der Waals surface area contributed by atoms with E-state index in [0.29, 0.717) is 0 Å². The average molecular weight is 519 g/mol. The fourth-order valence-electron chi connectivity index (χ4n) is 8.38. The highest BCUT2D eigenvalue weighted by molar-refractivity contribution is 5.87. The summed E-state index contributed by atoms with van der Waals surface area (Å²) in [5.74, 6) is -2.04. The van der Waals surface area contributed by atoms with E-state index in [1.165, 1.54) is 6.42 Å². The molecule has 8 nitrogen and oxygen atoms in total. The van der Waals surface area contributed by atoms with E-state index in [0.717, 1.165) is 58.0 Å². The summed E-state index contributed by atoms with van der Waals surface area (Å²) in [5, 5.41) is 0. The highest BCUT2D eigenvalue weighted by atomic mass is 16.6. The third kappa shape index (κ3) is 4.50. The van der Waals surface area contributed by atoms with Gasteiger partial charge in [0.05, 0.1) is 18.6 Å². The van der Waals surface area contributed by atoms with Gasteiger partial charge in [-0.3, -0.25) is 19.3 Å². The van der Waals surface area contributed by atoms with Crippen LogP contribution in [0.25, 0.3) is 0 Å². The average Bonchev–Trinajstić information content (AvgIpc) is 3.55. The first-order chi connectivity index (χ1) is 17.4. The van der Waals surface area contributed by atoms with Crippen molar-refractivity contribution in [2.45, 2.75) is 128 Å². The molecule has 0 aromatic heterocycles. The Morgan fingerprint density at radius 3 is 2.27 bits per heavy atom. The van der Waals surface area contributed by atoms with Gasteiger partial charge in [0, 0.05) is 17.0 Å². The lowest BCUT2D eigenvalue weighted by atomic mass is 9.68. The lowest BCUT2D eigenvalue weighted by Gasteiger charge is -2.46. The summed E-state index contributed by atoms with van der Waals surface area (Å²) in [6, 6.07) is 0. The minimum atomic E-state index is -0.778. The molecule has 1 saturated carbocycles. The van der Waals surface area contributed by atoms with Crippen molar-refractivity contribution in [3.8, 4) is 0 Å². The highest BCUT2D eigenvalue weighted by Crippen LogP contribution is 2.59. The zero-order valence-electron chi connectivity index (χ0n) is 23.6. The second-order valence-corrected chi connectivity index (χ2v) is 13.6. The van der Waals surface area contributed by atoms with Gasteiger partial charge < -0.3 is 19.1 Å². The van der Waals surface area contributed by atoms with Gasteiger partial charge in [0.15, 0.2) is 0 Å². The van der Waals surface area contributed by atoms with Crippen LogP contribution in [0.4, 0.5) is 0 Å². The van der Waals surface area contributed by atoms with Crippen molar-refractivity contribution in [3.05, 3.63) is 0 Å². The number of esters is 2. The van der Waals surface area contributed by atoms with Crippen molar-refractivity contribution >= 4 is 17.8 Å². The van der Waals surface area contributed by atoms with E-state index in [9.17, 15) is 14.4 Å². The lowest BCUT2D eigenvalue weighted by Crippen LogP contribution is -2.57. The summed E-state index contributed by atoms with van der Waals surface area (Å²) >= 11 is 0. The summed E-state index contributed by atoms with van der Waals surface area (Å²) in [6.45, 7) is 14.4. The van der Waals surface area contributed by atoms with Gasteiger partial charge in [0.2, 0.25) is 5.91 Å². The van der Waals surface area contributed by atoms with Crippen molar-refractivity contribution < 1.29 is 28.6 Å². The van der Waals surface area contributed by atoms with Crippen molar-refractivity contribution in [3.63, 3.8) is 0 Å². The van der Waals surface area contributed by atoms with Gasteiger partial charge in [-0.2, -0.15) is 0 Å². The summed E-state index contributed by atoms with van der Waals surface area (Å²) in [4.78, 5) is 44.9. The first kappa shape index (κ1) is 26.9. The van der Waals surface area contributed by atoms with Gasteiger partial charge in [0.1, 0.15) is 23.7 Å². The molecule has 6 atom stereocenters. The largest absolute Gasteiger partial charge is 0.459 e. The number of piperidine rings is 1. The van der Waals surface area contributed by atoms with E-state index >= 15 is 0 Å². The molecule has 0 aromatic rings. The van der Waals surface area contributed by atoms with Crippen molar-refractivity contribution in [1.82, 2.24) is 9.80 Å². The minimum Gasteiger partial charge on any atom is -0.459 e. The molecule has 0 aromatic carbocycles. The number of hydrogen-bond acceptors (Lipinski definition) is 7.